The third kappa shape index (κ3) is 2.91. The van der Waals surface area contributed by atoms with Gasteiger partial charge in [-0.05, 0) is 24.1 Å². The number of nitrogens with one attached hydrogen (secondary N) is 1. The maximum Gasteiger partial charge on any atom is 0.269 e. The zero-order valence-electron chi connectivity index (χ0n) is 11.2. The van der Waals surface area contributed by atoms with Crippen molar-refractivity contribution >= 4 is 11.6 Å². The number of nitro benzene ring substituents is 1. The third-order valence-corrected chi connectivity index (χ3v) is 3.67. The lowest BCUT2D eigenvalue weighted by Gasteiger charge is -2.05. The van der Waals surface area contributed by atoms with Gasteiger partial charge < -0.3 is 5.32 Å². The van der Waals surface area contributed by atoms with Gasteiger partial charge in [-0.15, -0.1) is 0 Å². The summed E-state index contributed by atoms with van der Waals surface area (Å²) in [6, 6.07) is 15.9. The largest absolute Gasteiger partial charge is 0.349 e. The van der Waals surface area contributed by atoms with E-state index in [0.717, 1.165) is 6.42 Å². The van der Waals surface area contributed by atoms with E-state index in [-0.39, 0.29) is 17.6 Å². The number of non-ortho nitro benzene ring substituents is 1. The average molecular weight is 282 g/mol. The zero-order valence-corrected chi connectivity index (χ0v) is 11.2. The van der Waals surface area contributed by atoms with Crippen molar-refractivity contribution in [3.63, 3.8) is 0 Å². The van der Waals surface area contributed by atoms with Gasteiger partial charge in [0.2, 0.25) is 0 Å². The van der Waals surface area contributed by atoms with E-state index in [2.05, 4.69) is 17.4 Å². The highest BCUT2D eigenvalue weighted by molar-refractivity contribution is 5.94. The molecular weight excluding hydrogens is 268 g/mol. The van der Waals surface area contributed by atoms with Crippen molar-refractivity contribution in [2.75, 3.05) is 0 Å². The van der Waals surface area contributed by atoms with Crippen molar-refractivity contribution in [3.8, 4) is 0 Å². The van der Waals surface area contributed by atoms with E-state index in [9.17, 15) is 14.9 Å². The number of rotatable bonds is 4. The molecule has 0 bridgehead atoms. The first kappa shape index (κ1) is 13.3. The number of benzene rings is 2. The SMILES string of the molecule is O=C(N[C@H]1CC1c1ccccc1)c1ccc([N+](=O)[O-])cc1. The number of hydrogen-bond donors (Lipinski definition) is 1. The summed E-state index contributed by atoms with van der Waals surface area (Å²) >= 11 is 0. The second-order valence-electron chi connectivity index (χ2n) is 5.14. The van der Waals surface area contributed by atoms with Crippen molar-refractivity contribution in [2.45, 2.75) is 18.4 Å². The predicted octanol–water partition coefficient (Wildman–Crippen LogP) is 2.88. The summed E-state index contributed by atoms with van der Waals surface area (Å²) in [5, 5.41) is 13.5. The first-order chi connectivity index (χ1) is 10.1. The van der Waals surface area contributed by atoms with Gasteiger partial charge in [0.1, 0.15) is 0 Å². The summed E-state index contributed by atoms with van der Waals surface area (Å²) in [6.07, 6.45) is 0.933. The topological polar surface area (TPSA) is 72.2 Å². The number of amides is 1. The van der Waals surface area contributed by atoms with Gasteiger partial charge in [0.05, 0.1) is 4.92 Å². The molecule has 21 heavy (non-hydrogen) atoms. The molecule has 0 aromatic heterocycles. The zero-order chi connectivity index (χ0) is 14.8. The van der Waals surface area contributed by atoms with Crippen molar-refractivity contribution in [1.82, 2.24) is 5.32 Å². The van der Waals surface area contributed by atoms with Crippen LogP contribution in [0.15, 0.2) is 54.6 Å². The van der Waals surface area contributed by atoms with Gasteiger partial charge in [-0.3, -0.25) is 14.9 Å². The molecule has 5 nitrogen and oxygen atoms in total. The lowest BCUT2D eigenvalue weighted by atomic mass is 10.1. The third-order valence-electron chi connectivity index (χ3n) is 3.67. The smallest absolute Gasteiger partial charge is 0.269 e. The van der Waals surface area contributed by atoms with E-state index in [4.69, 9.17) is 0 Å². The number of carbonyl (C=O) groups excluding carboxylic acids is 1. The molecule has 0 saturated heterocycles. The molecule has 0 heterocycles. The molecule has 2 aromatic carbocycles. The molecule has 2 atom stereocenters. The summed E-state index contributed by atoms with van der Waals surface area (Å²) in [6.45, 7) is 0. The van der Waals surface area contributed by atoms with Gasteiger partial charge >= 0.3 is 0 Å². The van der Waals surface area contributed by atoms with Gasteiger partial charge in [0.15, 0.2) is 0 Å². The molecule has 1 unspecified atom stereocenters. The van der Waals surface area contributed by atoms with Crippen LogP contribution >= 0.6 is 0 Å². The van der Waals surface area contributed by atoms with Gasteiger partial charge in [-0.1, -0.05) is 30.3 Å². The van der Waals surface area contributed by atoms with E-state index >= 15 is 0 Å². The average Bonchev–Trinajstić information content (AvgIpc) is 3.27. The minimum Gasteiger partial charge on any atom is -0.349 e. The fourth-order valence-corrected chi connectivity index (χ4v) is 2.41. The lowest BCUT2D eigenvalue weighted by molar-refractivity contribution is -0.384. The Balaban J connectivity index is 1.62. The van der Waals surface area contributed by atoms with Crippen molar-refractivity contribution in [1.29, 1.82) is 0 Å². The van der Waals surface area contributed by atoms with Crippen LogP contribution in [0.5, 0.6) is 0 Å². The normalized spacial score (nSPS) is 19.8. The number of nitrogens with zero attached hydrogens (tertiary/aromatic N) is 1. The Morgan fingerprint density at radius 1 is 1.10 bits per heavy atom. The van der Waals surface area contributed by atoms with Crippen LogP contribution < -0.4 is 5.32 Å². The van der Waals surface area contributed by atoms with Gasteiger partial charge in [0.25, 0.3) is 11.6 Å². The quantitative estimate of drug-likeness (QED) is 0.692. The van der Waals surface area contributed by atoms with Crippen LogP contribution in [-0.4, -0.2) is 16.9 Å². The van der Waals surface area contributed by atoms with Gasteiger partial charge in [0, 0.05) is 29.7 Å². The van der Waals surface area contributed by atoms with Crippen LogP contribution in [0.1, 0.15) is 28.3 Å². The van der Waals surface area contributed by atoms with Crippen LogP contribution in [-0.2, 0) is 0 Å². The second-order valence-corrected chi connectivity index (χ2v) is 5.14. The maximum absolute atomic E-state index is 12.1. The highest BCUT2D eigenvalue weighted by atomic mass is 16.6. The van der Waals surface area contributed by atoms with E-state index in [1.54, 1.807) is 0 Å². The first-order valence-electron chi connectivity index (χ1n) is 6.75. The monoisotopic (exact) mass is 282 g/mol. The summed E-state index contributed by atoms with van der Waals surface area (Å²) in [5.74, 6) is 0.182. The lowest BCUT2D eigenvalue weighted by Crippen LogP contribution is -2.26. The fraction of sp³-hybridized carbons (Fsp3) is 0.188. The highest BCUT2D eigenvalue weighted by Gasteiger charge is 2.39. The van der Waals surface area contributed by atoms with Crippen molar-refractivity contribution in [2.24, 2.45) is 0 Å². The molecule has 1 saturated carbocycles. The number of hydrogen-bond acceptors (Lipinski definition) is 3. The Kier molecular flexibility index (Phi) is 3.39. The Morgan fingerprint density at radius 3 is 2.38 bits per heavy atom. The number of nitro groups is 1. The molecule has 5 heteroatoms. The molecule has 106 valence electrons. The number of carbonyl (C=O) groups is 1. The molecule has 1 N–H and O–H groups in total. The van der Waals surface area contributed by atoms with Crippen LogP contribution in [0.3, 0.4) is 0 Å². The molecule has 0 spiro atoms. The summed E-state index contributed by atoms with van der Waals surface area (Å²) in [5.41, 5.74) is 1.66. The second kappa shape index (κ2) is 5.36. The molecule has 1 amide bonds. The molecular formula is C16H14N2O3. The fourth-order valence-electron chi connectivity index (χ4n) is 2.41. The minimum absolute atomic E-state index is 0.0138. The Bertz CT molecular complexity index is 668. The molecule has 1 fully saturated rings. The first-order valence-corrected chi connectivity index (χ1v) is 6.75. The minimum atomic E-state index is -0.478. The van der Waals surface area contributed by atoms with E-state index < -0.39 is 4.92 Å². The Labute approximate surface area is 121 Å². The molecule has 0 aliphatic heterocycles. The van der Waals surface area contributed by atoms with Crippen LogP contribution in [0.4, 0.5) is 5.69 Å². The standard InChI is InChI=1S/C16H14N2O3/c19-16(12-6-8-13(9-7-12)18(20)21)17-15-10-14(15)11-4-2-1-3-5-11/h1-9,14-15H,10H2,(H,17,19)/t14?,15-/m0/s1. The summed E-state index contributed by atoms with van der Waals surface area (Å²) in [4.78, 5) is 22.2. The molecule has 1 aliphatic carbocycles. The highest BCUT2D eigenvalue weighted by Crippen LogP contribution is 2.40. The Hall–Kier alpha value is -2.69. The molecule has 0 radical (unpaired) electrons. The van der Waals surface area contributed by atoms with Crippen molar-refractivity contribution < 1.29 is 9.72 Å². The van der Waals surface area contributed by atoms with Crippen LogP contribution in [0.25, 0.3) is 0 Å². The van der Waals surface area contributed by atoms with Gasteiger partial charge in [-0.2, -0.15) is 0 Å². The van der Waals surface area contributed by atoms with E-state index in [1.807, 2.05) is 18.2 Å². The predicted molar refractivity (Wildman–Crippen MR) is 78.2 cm³/mol. The Morgan fingerprint density at radius 2 is 1.76 bits per heavy atom. The summed E-state index contributed by atoms with van der Waals surface area (Å²) < 4.78 is 0. The van der Waals surface area contributed by atoms with Gasteiger partial charge in [-0.25, -0.2) is 0 Å². The maximum atomic E-state index is 12.1. The molecule has 3 rings (SSSR count). The summed E-state index contributed by atoms with van der Waals surface area (Å²) in [7, 11) is 0. The van der Waals surface area contributed by atoms with Crippen LogP contribution in [0, 0.1) is 10.1 Å². The molecule has 2 aromatic rings. The van der Waals surface area contributed by atoms with E-state index in [0.29, 0.717) is 11.5 Å². The van der Waals surface area contributed by atoms with Crippen LogP contribution in [0.2, 0.25) is 0 Å². The van der Waals surface area contributed by atoms with Crippen molar-refractivity contribution in [3.05, 3.63) is 75.8 Å². The van der Waals surface area contributed by atoms with E-state index in [1.165, 1.54) is 29.8 Å². The molecule has 1 aliphatic rings.